The highest BCUT2D eigenvalue weighted by Crippen LogP contribution is 2.27. The monoisotopic (exact) mass is 312 g/mol. The third-order valence-corrected chi connectivity index (χ3v) is 5.31. The first-order valence-corrected chi connectivity index (χ1v) is 8.92. The van der Waals surface area contributed by atoms with Crippen LogP contribution in [-0.2, 0) is 20.0 Å². The first kappa shape index (κ1) is 14.3. The van der Waals surface area contributed by atoms with Crippen molar-refractivity contribution in [1.29, 1.82) is 0 Å². The van der Waals surface area contributed by atoms with Crippen LogP contribution >= 0.6 is 23.4 Å². The minimum atomic E-state index is 0.621. The molecule has 4 nitrogen and oxygen atoms in total. The van der Waals surface area contributed by atoms with E-state index in [4.69, 9.17) is 16.6 Å². The lowest BCUT2D eigenvalue weighted by Gasteiger charge is -2.23. The van der Waals surface area contributed by atoms with Crippen LogP contribution in [0.4, 0.5) is 0 Å². The number of halogens is 1. The minimum absolute atomic E-state index is 0.621. The summed E-state index contributed by atoms with van der Waals surface area (Å²) in [6.07, 6.45) is 3.44. The van der Waals surface area contributed by atoms with Gasteiger partial charge in [0, 0.05) is 25.9 Å². The van der Waals surface area contributed by atoms with E-state index < -0.39 is 0 Å². The van der Waals surface area contributed by atoms with E-state index in [0.29, 0.717) is 5.88 Å². The number of fused-ring (bicyclic) bond motifs is 1. The molecule has 0 aromatic carbocycles. The van der Waals surface area contributed by atoms with E-state index >= 15 is 0 Å². The Bertz CT molecular complexity index is 598. The molecule has 0 atom stereocenters. The number of alkyl halides is 1. The molecule has 1 aliphatic heterocycles. The van der Waals surface area contributed by atoms with Crippen LogP contribution in [0.15, 0.2) is 0 Å². The van der Waals surface area contributed by atoms with E-state index in [9.17, 15) is 0 Å². The van der Waals surface area contributed by atoms with Crippen molar-refractivity contribution in [3.63, 3.8) is 0 Å². The normalized spacial score (nSPS) is 17.1. The Labute approximate surface area is 128 Å². The van der Waals surface area contributed by atoms with Crippen LogP contribution in [0.25, 0.3) is 11.2 Å². The maximum absolute atomic E-state index is 5.95. The van der Waals surface area contributed by atoms with Gasteiger partial charge in [0.2, 0.25) is 0 Å². The largest absolute Gasteiger partial charge is 0.313 e. The van der Waals surface area contributed by atoms with Crippen LogP contribution in [0.3, 0.4) is 0 Å². The van der Waals surface area contributed by atoms with Gasteiger partial charge in [-0.1, -0.05) is 0 Å². The molecule has 2 aromatic heterocycles. The number of hydrogen-bond donors (Lipinski definition) is 0. The third kappa shape index (κ3) is 2.58. The third-order valence-electron chi connectivity index (χ3n) is 4.07. The Hall–Kier alpha value is -0.680. The van der Waals surface area contributed by atoms with E-state index in [1.807, 2.05) is 18.7 Å². The van der Waals surface area contributed by atoms with Crippen molar-refractivity contribution in [3.8, 4) is 0 Å². The molecule has 6 heteroatoms. The van der Waals surface area contributed by atoms with Gasteiger partial charge in [-0.15, -0.1) is 11.6 Å². The first-order chi connectivity index (χ1) is 9.70. The molecule has 0 N–H and O–H groups in total. The number of aryl methyl sites for hydroxylation is 3. The molecular formula is C14H21ClN4S. The van der Waals surface area contributed by atoms with Gasteiger partial charge >= 0.3 is 0 Å². The quantitative estimate of drug-likeness (QED) is 0.814. The van der Waals surface area contributed by atoms with Crippen molar-refractivity contribution >= 4 is 34.5 Å². The molecule has 1 saturated heterocycles. The number of imidazole rings is 1. The highest BCUT2D eigenvalue weighted by molar-refractivity contribution is 7.99. The maximum Gasteiger partial charge on any atom is 0.158 e. The molecule has 0 radical (unpaired) electrons. The number of rotatable bonds is 4. The van der Waals surface area contributed by atoms with Crippen LogP contribution in [-0.4, -0.2) is 36.7 Å². The summed E-state index contributed by atoms with van der Waals surface area (Å²) >= 11 is 8.02. The highest BCUT2D eigenvalue weighted by atomic mass is 35.5. The topological polar surface area (TPSA) is 35.6 Å². The fourth-order valence-corrected chi connectivity index (χ4v) is 4.41. The number of nitrogens with zero attached hydrogens (tertiary/aromatic N) is 4. The van der Waals surface area contributed by atoms with Gasteiger partial charge in [0.15, 0.2) is 5.65 Å². The van der Waals surface area contributed by atoms with Gasteiger partial charge in [-0.25, -0.2) is 4.98 Å². The molecule has 3 rings (SSSR count). The van der Waals surface area contributed by atoms with Crippen LogP contribution in [0, 0.1) is 12.8 Å². The van der Waals surface area contributed by atoms with E-state index in [1.165, 1.54) is 24.3 Å². The lowest BCUT2D eigenvalue weighted by Crippen LogP contribution is -2.19. The molecule has 0 saturated carbocycles. The average Bonchev–Trinajstić information content (AvgIpc) is 2.92. The van der Waals surface area contributed by atoms with Crippen molar-refractivity contribution in [2.45, 2.75) is 32.7 Å². The Kier molecular flexibility index (Phi) is 4.26. The van der Waals surface area contributed by atoms with Gasteiger partial charge in [0.05, 0.1) is 5.69 Å². The smallest absolute Gasteiger partial charge is 0.158 e. The van der Waals surface area contributed by atoms with Gasteiger partial charge in [0.25, 0.3) is 0 Å². The maximum atomic E-state index is 5.95. The number of thioether (sulfide) groups is 1. The molecule has 2 aromatic rings. The van der Waals surface area contributed by atoms with E-state index in [2.05, 4.69) is 21.4 Å². The predicted octanol–water partition coefficient (Wildman–Crippen LogP) is 3.00. The molecule has 0 spiro atoms. The second kappa shape index (κ2) is 5.98. The number of aromatic nitrogens is 4. The highest BCUT2D eigenvalue weighted by Gasteiger charge is 2.21. The minimum Gasteiger partial charge on any atom is -0.313 e. The molecule has 3 heterocycles. The van der Waals surface area contributed by atoms with E-state index in [1.54, 1.807) is 0 Å². The van der Waals surface area contributed by atoms with Crippen molar-refractivity contribution < 1.29 is 0 Å². The van der Waals surface area contributed by atoms with Crippen LogP contribution in [0.2, 0.25) is 0 Å². The Morgan fingerprint density at radius 2 is 2.10 bits per heavy atom. The fraction of sp³-hybridized carbons (Fsp3) is 0.714. The Balaban J connectivity index is 1.98. The Morgan fingerprint density at radius 3 is 2.80 bits per heavy atom. The Morgan fingerprint density at radius 1 is 1.35 bits per heavy atom. The average molecular weight is 313 g/mol. The van der Waals surface area contributed by atoms with Gasteiger partial charge in [-0.3, -0.25) is 4.68 Å². The van der Waals surface area contributed by atoms with Gasteiger partial charge < -0.3 is 4.57 Å². The van der Waals surface area contributed by atoms with Crippen molar-refractivity contribution in [3.05, 3.63) is 11.5 Å². The summed E-state index contributed by atoms with van der Waals surface area (Å²) in [5.41, 5.74) is 3.20. The second-order valence-electron chi connectivity index (χ2n) is 5.51. The van der Waals surface area contributed by atoms with Crippen LogP contribution < -0.4 is 0 Å². The van der Waals surface area contributed by atoms with Crippen molar-refractivity contribution in [2.24, 2.45) is 13.0 Å². The lowest BCUT2D eigenvalue weighted by molar-refractivity contribution is 0.412. The molecular weight excluding hydrogens is 292 g/mol. The zero-order chi connectivity index (χ0) is 14.1. The zero-order valence-electron chi connectivity index (χ0n) is 12.1. The van der Waals surface area contributed by atoms with Gasteiger partial charge in [-0.05, 0) is 37.2 Å². The molecule has 20 heavy (non-hydrogen) atoms. The summed E-state index contributed by atoms with van der Waals surface area (Å²) in [6.45, 7) is 3.09. The summed E-state index contributed by atoms with van der Waals surface area (Å²) in [5.74, 6) is 5.08. The van der Waals surface area contributed by atoms with Gasteiger partial charge in [0.1, 0.15) is 11.3 Å². The summed E-state index contributed by atoms with van der Waals surface area (Å²) in [6, 6.07) is 0. The van der Waals surface area contributed by atoms with E-state index in [-0.39, 0.29) is 0 Å². The van der Waals surface area contributed by atoms with Crippen LogP contribution in [0.5, 0.6) is 0 Å². The SMILES string of the molecule is Cc1nn(C)c2c1nc(CCCl)n2CC1CCSCC1. The fourth-order valence-electron chi connectivity index (χ4n) is 3.03. The summed E-state index contributed by atoms with van der Waals surface area (Å²) in [7, 11) is 2.01. The summed E-state index contributed by atoms with van der Waals surface area (Å²) < 4.78 is 4.32. The molecule has 1 fully saturated rings. The molecule has 0 unspecified atom stereocenters. The molecule has 0 amide bonds. The van der Waals surface area contributed by atoms with E-state index in [0.717, 1.165) is 41.6 Å². The summed E-state index contributed by atoms with van der Waals surface area (Å²) in [5, 5.41) is 4.50. The number of hydrogen-bond acceptors (Lipinski definition) is 3. The first-order valence-electron chi connectivity index (χ1n) is 7.23. The molecule has 110 valence electrons. The molecule has 0 bridgehead atoms. The molecule has 1 aliphatic rings. The van der Waals surface area contributed by atoms with Gasteiger partial charge in [-0.2, -0.15) is 16.9 Å². The lowest BCUT2D eigenvalue weighted by atomic mass is 10.0. The second-order valence-corrected chi connectivity index (χ2v) is 7.12. The predicted molar refractivity (Wildman–Crippen MR) is 85.7 cm³/mol. The van der Waals surface area contributed by atoms with Crippen LogP contribution in [0.1, 0.15) is 24.4 Å². The van der Waals surface area contributed by atoms with Crippen molar-refractivity contribution in [2.75, 3.05) is 17.4 Å². The standard InChI is InChI=1S/C14H21ClN4S/c1-10-13-14(18(2)17-10)19(12(16-13)3-6-15)9-11-4-7-20-8-5-11/h11H,3-9H2,1-2H3. The van der Waals surface area contributed by atoms with Crippen molar-refractivity contribution in [1.82, 2.24) is 19.3 Å². The molecule has 0 aliphatic carbocycles. The zero-order valence-corrected chi connectivity index (χ0v) is 13.7. The summed E-state index contributed by atoms with van der Waals surface area (Å²) in [4.78, 5) is 4.78.